The van der Waals surface area contributed by atoms with E-state index in [2.05, 4.69) is 34.8 Å². The van der Waals surface area contributed by atoms with Crippen molar-refractivity contribution in [1.82, 2.24) is 20.0 Å². The molecular formula is C32H46FN5O3. The van der Waals surface area contributed by atoms with Crippen LogP contribution in [0, 0.1) is 0 Å². The molecule has 0 fully saturated rings. The number of hydrogen-bond acceptors (Lipinski definition) is 6. The number of hydrogen-bond donors (Lipinski definition) is 3. The highest BCUT2D eigenvalue weighted by molar-refractivity contribution is 5.91. The molecule has 2 atom stereocenters. The standard InChI is InChI=1S/C32H46FN5O3/c1-23-13-16-28-25(10-8-18-34-28)15-14-24(23)9-6-7-19-38(21-26(33)22-41-3)20-17-29(32(39)40)35-31-27-11-4-5-12-30(27)37(2)36-31/h4-5,11-12,14-15,26,29,34H,6-10,13,16-22H2,1-3H3,(H,35,36)(H,39,40)/t26-,29-/m0/s1. The Labute approximate surface area is 243 Å². The van der Waals surface area contributed by atoms with Crippen LogP contribution in [0.2, 0.25) is 0 Å². The van der Waals surface area contributed by atoms with Gasteiger partial charge in [0.15, 0.2) is 5.82 Å². The zero-order valence-corrected chi connectivity index (χ0v) is 24.8. The molecule has 41 heavy (non-hydrogen) atoms. The van der Waals surface area contributed by atoms with E-state index in [0.717, 1.165) is 56.0 Å². The first-order chi connectivity index (χ1) is 19.9. The Kier molecular flexibility index (Phi) is 11.4. The number of aliphatic carboxylic acids is 1. The molecule has 0 saturated carbocycles. The molecule has 0 amide bonds. The van der Waals surface area contributed by atoms with Crippen molar-refractivity contribution in [2.24, 2.45) is 7.05 Å². The molecule has 0 unspecified atom stereocenters. The van der Waals surface area contributed by atoms with Gasteiger partial charge in [-0.1, -0.05) is 29.9 Å². The van der Waals surface area contributed by atoms with Crippen LogP contribution in [0.25, 0.3) is 10.9 Å². The highest BCUT2D eigenvalue weighted by Crippen LogP contribution is 2.28. The number of aryl methyl sites for hydroxylation is 1. The van der Waals surface area contributed by atoms with Gasteiger partial charge >= 0.3 is 5.97 Å². The van der Waals surface area contributed by atoms with Gasteiger partial charge in [-0.2, -0.15) is 5.10 Å². The lowest BCUT2D eigenvalue weighted by molar-refractivity contribution is -0.138. The Morgan fingerprint density at radius 3 is 2.85 bits per heavy atom. The molecule has 0 spiro atoms. The number of alkyl halides is 1. The van der Waals surface area contributed by atoms with Gasteiger partial charge in [0, 0.05) is 44.9 Å². The van der Waals surface area contributed by atoms with E-state index in [9.17, 15) is 14.3 Å². The summed E-state index contributed by atoms with van der Waals surface area (Å²) in [6.07, 6.45) is 11.2. The smallest absolute Gasteiger partial charge is 0.326 e. The molecular weight excluding hydrogens is 521 g/mol. The Bertz CT molecular complexity index is 1270. The number of aromatic nitrogens is 2. The van der Waals surface area contributed by atoms with Gasteiger partial charge in [0.25, 0.3) is 0 Å². The number of fused-ring (bicyclic) bond motifs is 1. The van der Waals surface area contributed by atoms with Gasteiger partial charge in [0.2, 0.25) is 0 Å². The topological polar surface area (TPSA) is 91.7 Å². The van der Waals surface area contributed by atoms with Crippen molar-refractivity contribution in [3.63, 3.8) is 0 Å². The number of rotatable bonds is 15. The van der Waals surface area contributed by atoms with Crippen LogP contribution in [0.5, 0.6) is 0 Å². The van der Waals surface area contributed by atoms with E-state index >= 15 is 0 Å². The van der Waals surface area contributed by atoms with E-state index in [4.69, 9.17) is 4.74 Å². The summed E-state index contributed by atoms with van der Waals surface area (Å²) in [5, 5.41) is 22.0. The molecule has 0 saturated heterocycles. The summed E-state index contributed by atoms with van der Waals surface area (Å²) in [6, 6.07) is 6.89. The number of nitrogens with zero attached hydrogens (tertiary/aromatic N) is 3. The first kappa shape index (κ1) is 30.8. The molecule has 9 heteroatoms. The second kappa shape index (κ2) is 15.2. The second-order valence-electron chi connectivity index (χ2n) is 11.3. The van der Waals surface area contributed by atoms with Crippen LogP contribution in [-0.4, -0.2) is 77.9 Å². The van der Waals surface area contributed by atoms with E-state index in [1.165, 1.54) is 35.9 Å². The number of carboxylic acid groups (broad SMARTS) is 1. The van der Waals surface area contributed by atoms with Gasteiger partial charge in [-0.25, -0.2) is 9.18 Å². The van der Waals surface area contributed by atoms with Gasteiger partial charge in [0.1, 0.15) is 12.2 Å². The normalized spacial score (nSPS) is 17.3. The van der Waals surface area contributed by atoms with E-state index in [1.54, 1.807) is 4.68 Å². The molecule has 0 radical (unpaired) electrons. The van der Waals surface area contributed by atoms with Crippen LogP contribution in [-0.2, 0) is 16.6 Å². The third kappa shape index (κ3) is 8.66. The van der Waals surface area contributed by atoms with Crippen molar-refractivity contribution in [2.45, 2.75) is 70.5 Å². The van der Waals surface area contributed by atoms with Gasteiger partial charge < -0.3 is 25.4 Å². The third-order valence-corrected chi connectivity index (χ3v) is 8.21. The monoisotopic (exact) mass is 567 g/mol. The number of carbonyl (C=O) groups is 1. The lowest BCUT2D eigenvalue weighted by Crippen LogP contribution is -2.38. The number of anilines is 1. The second-order valence-corrected chi connectivity index (χ2v) is 11.3. The molecule has 3 N–H and O–H groups in total. The number of para-hydroxylation sites is 1. The summed E-state index contributed by atoms with van der Waals surface area (Å²) < 4.78 is 21.4. The Morgan fingerprint density at radius 1 is 1.22 bits per heavy atom. The van der Waals surface area contributed by atoms with Crippen molar-refractivity contribution in [1.29, 1.82) is 0 Å². The summed E-state index contributed by atoms with van der Waals surface area (Å²) in [4.78, 5) is 14.2. The van der Waals surface area contributed by atoms with E-state index < -0.39 is 18.2 Å². The van der Waals surface area contributed by atoms with Crippen molar-refractivity contribution in [3.05, 3.63) is 58.8 Å². The van der Waals surface area contributed by atoms with Crippen molar-refractivity contribution < 1.29 is 19.0 Å². The van der Waals surface area contributed by atoms with E-state index in [-0.39, 0.29) is 13.2 Å². The van der Waals surface area contributed by atoms with E-state index in [1.807, 2.05) is 36.2 Å². The summed E-state index contributed by atoms with van der Waals surface area (Å²) in [5.41, 5.74) is 6.63. The van der Waals surface area contributed by atoms with Crippen LogP contribution < -0.4 is 10.6 Å². The van der Waals surface area contributed by atoms with Crippen LogP contribution in [0.15, 0.2) is 58.8 Å². The average Bonchev–Trinajstić information content (AvgIpc) is 3.27. The van der Waals surface area contributed by atoms with Gasteiger partial charge in [0.05, 0.1) is 12.1 Å². The predicted molar refractivity (Wildman–Crippen MR) is 163 cm³/mol. The number of ether oxygens (including phenoxy) is 1. The summed E-state index contributed by atoms with van der Waals surface area (Å²) in [6.45, 7) is 4.73. The molecule has 1 aromatic heterocycles. The maximum absolute atomic E-state index is 14.6. The van der Waals surface area contributed by atoms with Crippen LogP contribution in [0.3, 0.4) is 0 Å². The van der Waals surface area contributed by atoms with Crippen LogP contribution in [0.1, 0.15) is 58.3 Å². The molecule has 2 heterocycles. The van der Waals surface area contributed by atoms with Gasteiger partial charge in [-0.05, 0) is 88.1 Å². The zero-order chi connectivity index (χ0) is 29.2. The number of nitrogens with one attached hydrogen (secondary N) is 2. The number of methoxy groups -OCH3 is 1. The largest absolute Gasteiger partial charge is 0.480 e. The number of unbranched alkanes of at least 4 members (excludes halogenated alkanes) is 1. The number of carboxylic acids is 1. The summed E-state index contributed by atoms with van der Waals surface area (Å²) >= 11 is 0. The maximum atomic E-state index is 14.6. The zero-order valence-electron chi connectivity index (χ0n) is 24.8. The first-order valence-corrected chi connectivity index (χ1v) is 14.9. The minimum atomic E-state index is -1.12. The fourth-order valence-electron chi connectivity index (χ4n) is 5.84. The molecule has 2 aromatic rings. The molecule has 1 aliphatic carbocycles. The minimum Gasteiger partial charge on any atom is -0.480 e. The van der Waals surface area contributed by atoms with Crippen molar-refractivity contribution in [2.75, 3.05) is 45.2 Å². The molecule has 1 aromatic carbocycles. The Morgan fingerprint density at radius 2 is 2.05 bits per heavy atom. The minimum absolute atomic E-state index is 0.0284. The predicted octanol–water partition coefficient (Wildman–Crippen LogP) is 5.59. The van der Waals surface area contributed by atoms with Crippen LogP contribution >= 0.6 is 0 Å². The maximum Gasteiger partial charge on any atom is 0.326 e. The van der Waals surface area contributed by atoms with Gasteiger partial charge in [-0.3, -0.25) is 4.68 Å². The molecule has 4 rings (SSSR count). The first-order valence-electron chi connectivity index (χ1n) is 14.9. The summed E-state index contributed by atoms with van der Waals surface area (Å²) in [7, 11) is 3.34. The number of benzene rings is 1. The van der Waals surface area contributed by atoms with Crippen molar-refractivity contribution >= 4 is 22.7 Å². The Hall–Kier alpha value is -3.17. The third-order valence-electron chi connectivity index (χ3n) is 8.21. The molecule has 0 bridgehead atoms. The number of allylic oxidation sites excluding steroid dienone is 6. The summed E-state index contributed by atoms with van der Waals surface area (Å²) in [5.74, 6) is -0.397. The molecule has 1 aliphatic heterocycles. The quantitative estimate of drug-likeness (QED) is 0.242. The van der Waals surface area contributed by atoms with Crippen molar-refractivity contribution in [3.8, 4) is 0 Å². The molecule has 2 aliphatic rings. The lowest BCUT2D eigenvalue weighted by Gasteiger charge is -2.26. The van der Waals surface area contributed by atoms with Crippen LogP contribution in [0.4, 0.5) is 10.2 Å². The molecule has 8 nitrogen and oxygen atoms in total. The van der Waals surface area contributed by atoms with Gasteiger partial charge in [-0.15, -0.1) is 0 Å². The molecule has 224 valence electrons. The lowest BCUT2D eigenvalue weighted by atomic mass is 9.91. The highest BCUT2D eigenvalue weighted by Gasteiger charge is 2.23. The Balaban J connectivity index is 1.34. The SMILES string of the molecule is COC[C@@H](F)CN(CCCCC1=C(C)CCC2=C(C=C1)CCCN2)CC[C@H](Nc1nn(C)c2ccccc12)C(=O)O. The number of halogens is 1. The average molecular weight is 568 g/mol. The van der Waals surface area contributed by atoms with E-state index in [0.29, 0.717) is 25.3 Å². The fraction of sp³-hybridized carbons (Fsp3) is 0.562. The fourth-order valence-corrected chi connectivity index (χ4v) is 5.84. The highest BCUT2D eigenvalue weighted by atomic mass is 19.1.